The van der Waals surface area contributed by atoms with E-state index in [0.29, 0.717) is 52.7 Å². The fourth-order valence-electron chi connectivity index (χ4n) is 7.27. The summed E-state index contributed by atoms with van der Waals surface area (Å²) in [6.07, 6.45) is 0.791. The first-order valence-electron chi connectivity index (χ1n) is 12.9. The number of nitrogens with zero attached hydrogens (tertiary/aromatic N) is 3. The van der Waals surface area contributed by atoms with Crippen LogP contribution in [0.15, 0.2) is 60.7 Å². The number of rotatable bonds is 6. The monoisotopic (exact) mass is 520 g/mol. The lowest BCUT2D eigenvalue weighted by Crippen LogP contribution is -2.80. The van der Waals surface area contributed by atoms with Crippen molar-refractivity contribution < 1.29 is 23.8 Å². The molecular weight excluding hydrogens is 496 g/mol. The van der Waals surface area contributed by atoms with Gasteiger partial charge in [-0.1, -0.05) is 24.3 Å². The number of benzene rings is 3. The molecule has 2 amide bonds. The Morgan fingerprint density at radius 1 is 1.00 bits per heavy atom. The number of ether oxygens (including phenoxy) is 3. The Bertz CT molecular complexity index is 1640. The van der Waals surface area contributed by atoms with Gasteiger partial charge in [-0.2, -0.15) is 10.5 Å². The molecule has 39 heavy (non-hydrogen) atoms. The van der Waals surface area contributed by atoms with Crippen LogP contribution in [0.2, 0.25) is 0 Å². The standard InChI is InChI=1S/C30H24N4O5/c1-37-30-16-28(12-13-38-20-9-6-18(14-31)7-10-20)24-25(29(30,39-28)17-33-30)27(36)34(26(24)35)23-11-8-19(15-32)21-4-2-3-5-22(21)23/h2-11,24-25,33H,12-13,16-17H2,1H3/t24-,25+,28?,29?,30+/m1/s1. The number of hydrogen-bond acceptors (Lipinski definition) is 8. The molecule has 1 N–H and O–H groups in total. The third-order valence-corrected chi connectivity index (χ3v) is 9.02. The quantitative estimate of drug-likeness (QED) is 0.492. The zero-order valence-corrected chi connectivity index (χ0v) is 21.1. The second-order valence-electron chi connectivity index (χ2n) is 10.6. The highest BCUT2D eigenvalue weighted by atomic mass is 16.6. The molecular formula is C30H24N4O5. The number of nitrogens with one attached hydrogen (secondary N) is 1. The molecule has 0 saturated carbocycles. The molecule has 2 unspecified atom stereocenters. The van der Waals surface area contributed by atoms with Gasteiger partial charge in [0.05, 0.1) is 53.0 Å². The highest BCUT2D eigenvalue weighted by molar-refractivity contribution is 6.26. The van der Waals surface area contributed by atoms with Crippen LogP contribution in [0.3, 0.4) is 0 Å². The van der Waals surface area contributed by atoms with Crippen molar-refractivity contribution >= 4 is 28.3 Å². The second-order valence-corrected chi connectivity index (χ2v) is 10.6. The maximum absolute atomic E-state index is 14.2. The number of hydrogen-bond donors (Lipinski definition) is 1. The molecule has 9 nitrogen and oxygen atoms in total. The molecule has 9 heteroatoms. The molecule has 4 aliphatic rings. The molecule has 3 aromatic carbocycles. The SMILES string of the molecule is CO[C@@]12CC3(CCOc4ccc(C#N)cc4)OC1(CN2)[C@@H]1C(=O)N(c2ccc(C#N)c4ccccc24)C(=O)[C@@H]13. The van der Waals surface area contributed by atoms with E-state index in [2.05, 4.69) is 17.5 Å². The molecule has 4 saturated heterocycles. The van der Waals surface area contributed by atoms with Crippen molar-refractivity contribution in [3.63, 3.8) is 0 Å². The predicted octanol–water partition coefficient (Wildman–Crippen LogP) is 3.02. The summed E-state index contributed by atoms with van der Waals surface area (Å²) in [5.41, 5.74) is -1.28. The van der Waals surface area contributed by atoms with Crippen molar-refractivity contribution in [1.82, 2.24) is 5.32 Å². The van der Waals surface area contributed by atoms with Crippen LogP contribution >= 0.6 is 0 Å². The molecule has 194 valence electrons. The average Bonchev–Trinajstić information content (AvgIpc) is 3.49. The maximum Gasteiger partial charge on any atom is 0.240 e. The van der Waals surface area contributed by atoms with Gasteiger partial charge in [0.2, 0.25) is 11.8 Å². The van der Waals surface area contributed by atoms with Gasteiger partial charge in [0, 0.05) is 37.3 Å². The summed E-state index contributed by atoms with van der Waals surface area (Å²) in [4.78, 5) is 29.6. The number of imide groups is 1. The first kappa shape index (κ1) is 23.8. The minimum atomic E-state index is -0.958. The minimum Gasteiger partial charge on any atom is -0.493 e. The van der Waals surface area contributed by atoms with E-state index in [1.165, 1.54) is 4.90 Å². The zero-order chi connectivity index (χ0) is 27.0. The maximum atomic E-state index is 14.2. The predicted molar refractivity (Wildman–Crippen MR) is 138 cm³/mol. The molecule has 1 spiro atoms. The van der Waals surface area contributed by atoms with Crippen LogP contribution in [0.5, 0.6) is 5.75 Å². The van der Waals surface area contributed by atoms with E-state index in [1.54, 1.807) is 43.5 Å². The molecule has 7 rings (SSSR count). The lowest BCUT2D eigenvalue weighted by Gasteiger charge is -2.56. The third-order valence-electron chi connectivity index (χ3n) is 9.02. The van der Waals surface area contributed by atoms with Gasteiger partial charge in [0.25, 0.3) is 0 Å². The molecule has 0 radical (unpaired) electrons. The van der Waals surface area contributed by atoms with E-state index in [1.807, 2.05) is 24.3 Å². The summed E-state index contributed by atoms with van der Waals surface area (Å²) in [6.45, 7) is 0.660. The van der Waals surface area contributed by atoms with Crippen molar-refractivity contribution in [3.8, 4) is 17.9 Å². The van der Waals surface area contributed by atoms with Crippen molar-refractivity contribution in [1.29, 1.82) is 10.5 Å². The Balaban J connectivity index is 1.26. The highest BCUT2D eigenvalue weighted by Gasteiger charge is 2.87. The molecule has 3 aromatic rings. The summed E-state index contributed by atoms with van der Waals surface area (Å²) in [5, 5.41) is 23.3. The molecule has 0 aromatic heterocycles. The third kappa shape index (κ3) is 2.92. The van der Waals surface area contributed by atoms with Crippen LogP contribution in [-0.2, 0) is 19.1 Å². The Morgan fingerprint density at radius 2 is 1.74 bits per heavy atom. The lowest BCUT2D eigenvalue weighted by molar-refractivity contribution is -0.226. The van der Waals surface area contributed by atoms with E-state index in [-0.39, 0.29) is 18.4 Å². The van der Waals surface area contributed by atoms with Crippen LogP contribution in [0, 0.1) is 34.5 Å². The van der Waals surface area contributed by atoms with Crippen molar-refractivity contribution in [2.24, 2.45) is 11.8 Å². The number of fused-ring (bicyclic) bond motifs is 4. The number of carbonyl (C=O) groups is 2. The first-order chi connectivity index (χ1) is 18.9. The van der Waals surface area contributed by atoms with Crippen LogP contribution in [0.4, 0.5) is 5.69 Å². The lowest BCUT2D eigenvalue weighted by atomic mass is 9.59. The van der Waals surface area contributed by atoms with Crippen LogP contribution < -0.4 is 15.0 Å². The fraction of sp³-hybridized carbons (Fsp3) is 0.333. The molecule has 5 atom stereocenters. The van der Waals surface area contributed by atoms with Gasteiger partial charge in [-0.15, -0.1) is 0 Å². The summed E-state index contributed by atoms with van der Waals surface area (Å²) >= 11 is 0. The zero-order valence-electron chi connectivity index (χ0n) is 21.1. The topological polar surface area (TPSA) is 125 Å². The first-order valence-corrected chi connectivity index (χ1v) is 12.9. The molecule has 4 heterocycles. The van der Waals surface area contributed by atoms with Crippen LogP contribution in [0.1, 0.15) is 24.0 Å². The molecule has 0 aliphatic carbocycles. The van der Waals surface area contributed by atoms with E-state index in [9.17, 15) is 14.9 Å². The van der Waals surface area contributed by atoms with Gasteiger partial charge < -0.3 is 14.2 Å². The summed E-state index contributed by atoms with van der Waals surface area (Å²) in [5.74, 6) is -1.39. The number of carbonyl (C=O) groups excluding carboxylic acids is 2. The summed E-state index contributed by atoms with van der Waals surface area (Å²) < 4.78 is 18.6. The summed E-state index contributed by atoms with van der Waals surface area (Å²) in [6, 6.07) is 21.8. The fourth-order valence-corrected chi connectivity index (χ4v) is 7.27. The minimum absolute atomic E-state index is 0.256. The normalized spacial score (nSPS) is 31.9. The van der Waals surface area contributed by atoms with Gasteiger partial charge in [-0.3, -0.25) is 14.9 Å². The van der Waals surface area contributed by atoms with Gasteiger partial charge in [0.1, 0.15) is 11.4 Å². The van der Waals surface area contributed by atoms with E-state index in [0.717, 1.165) is 0 Å². The van der Waals surface area contributed by atoms with Crippen LogP contribution in [0.25, 0.3) is 10.8 Å². The Hall–Kier alpha value is -4.28. The van der Waals surface area contributed by atoms with Gasteiger partial charge in [0.15, 0.2) is 5.72 Å². The molecule has 4 fully saturated rings. The largest absolute Gasteiger partial charge is 0.493 e. The Labute approximate surface area is 224 Å². The number of anilines is 1. The number of methoxy groups -OCH3 is 1. The molecule has 4 aliphatic heterocycles. The van der Waals surface area contributed by atoms with Gasteiger partial charge in [-0.05, 0) is 36.4 Å². The van der Waals surface area contributed by atoms with Crippen molar-refractivity contribution in [2.75, 3.05) is 25.2 Å². The van der Waals surface area contributed by atoms with E-state index >= 15 is 0 Å². The Kier molecular flexibility index (Phi) is 4.95. The smallest absolute Gasteiger partial charge is 0.240 e. The van der Waals surface area contributed by atoms with Gasteiger partial charge >= 0.3 is 0 Å². The number of amides is 2. The van der Waals surface area contributed by atoms with E-state index < -0.39 is 28.8 Å². The van der Waals surface area contributed by atoms with Crippen molar-refractivity contribution in [3.05, 3.63) is 71.8 Å². The van der Waals surface area contributed by atoms with E-state index in [4.69, 9.17) is 19.5 Å². The van der Waals surface area contributed by atoms with Crippen LogP contribution in [-0.4, -0.2) is 49.0 Å². The highest BCUT2D eigenvalue weighted by Crippen LogP contribution is 2.69. The van der Waals surface area contributed by atoms with Crippen molar-refractivity contribution in [2.45, 2.75) is 29.8 Å². The second kappa shape index (κ2) is 8.11. The number of nitriles is 2. The van der Waals surface area contributed by atoms with Gasteiger partial charge in [-0.25, -0.2) is 4.90 Å². The molecule has 2 bridgehead atoms. The average molecular weight is 521 g/mol. The summed E-state index contributed by atoms with van der Waals surface area (Å²) in [7, 11) is 1.60. The Morgan fingerprint density at radius 3 is 2.41 bits per heavy atom.